The molecule has 12 heavy (non-hydrogen) atoms. The Bertz CT molecular complexity index is 183. The summed E-state index contributed by atoms with van der Waals surface area (Å²) in [6.45, 7) is 0. The molecule has 2 unspecified atom stereocenters. The average Bonchev–Trinajstić information content (AvgIpc) is 2.96. The molecule has 3 aliphatic rings. The lowest BCUT2D eigenvalue weighted by atomic mass is 10.0. The number of fused-ring (bicyclic) bond motifs is 1. The fraction of sp³-hybridized carbons (Fsp3) is 1.00. The Morgan fingerprint density at radius 1 is 1.00 bits per heavy atom. The predicted octanol–water partition coefficient (Wildman–Crippen LogP) is 2.30. The Hall–Kier alpha value is -0.0400. The second-order valence-corrected chi connectivity index (χ2v) is 5.26. The summed E-state index contributed by atoms with van der Waals surface area (Å²) >= 11 is 0. The first-order valence-electron chi connectivity index (χ1n) is 5.59. The van der Waals surface area contributed by atoms with Gasteiger partial charge in [-0.05, 0) is 37.0 Å². The van der Waals surface area contributed by atoms with Gasteiger partial charge in [-0.1, -0.05) is 25.7 Å². The van der Waals surface area contributed by atoms with Crippen LogP contribution in [0.5, 0.6) is 0 Å². The highest BCUT2D eigenvalue weighted by atomic mass is 14.9. The van der Waals surface area contributed by atoms with Crippen molar-refractivity contribution in [3.05, 3.63) is 0 Å². The molecule has 0 saturated heterocycles. The summed E-state index contributed by atoms with van der Waals surface area (Å²) in [5, 5.41) is 0. The van der Waals surface area contributed by atoms with Gasteiger partial charge >= 0.3 is 0 Å². The first-order valence-corrected chi connectivity index (χ1v) is 5.59. The quantitative estimate of drug-likeness (QED) is 0.667. The van der Waals surface area contributed by atoms with Gasteiger partial charge in [0.1, 0.15) is 0 Å². The standard InChI is InChI=1S/C11H19N/c12-11(7-8-5-6-8)9-3-1-2-4-10(9)11/h8-10H,1-7,12H2. The summed E-state index contributed by atoms with van der Waals surface area (Å²) in [5.74, 6) is 2.90. The molecule has 0 aromatic heterocycles. The van der Waals surface area contributed by atoms with Crippen molar-refractivity contribution < 1.29 is 0 Å². The molecule has 1 heteroatoms. The van der Waals surface area contributed by atoms with E-state index in [0.717, 1.165) is 17.8 Å². The van der Waals surface area contributed by atoms with Gasteiger partial charge in [0.05, 0.1) is 0 Å². The maximum atomic E-state index is 6.44. The van der Waals surface area contributed by atoms with Crippen molar-refractivity contribution in [3.63, 3.8) is 0 Å². The molecule has 0 amide bonds. The zero-order valence-electron chi connectivity index (χ0n) is 7.76. The van der Waals surface area contributed by atoms with E-state index in [9.17, 15) is 0 Å². The van der Waals surface area contributed by atoms with Crippen LogP contribution in [0.3, 0.4) is 0 Å². The number of hydrogen-bond acceptors (Lipinski definition) is 1. The summed E-state index contributed by atoms with van der Waals surface area (Å²) in [7, 11) is 0. The zero-order valence-corrected chi connectivity index (χ0v) is 7.76. The van der Waals surface area contributed by atoms with Crippen LogP contribution in [-0.4, -0.2) is 5.54 Å². The largest absolute Gasteiger partial charge is 0.325 e. The monoisotopic (exact) mass is 165 g/mol. The van der Waals surface area contributed by atoms with Gasteiger partial charge in [-0.15, -0.1) is 0 Å². The van der Waals surface area contributed by atoms with E-state index in [4.69, 9.17) is 5.73 Å². The number of rotatable bonds is 2. The molecule has 3 rings (SSSR count). The summed E-state index contributed by atoms with van der Waals surface area (Å²) in [5.41, 5.74) is 6.77. The third kappa shape index (κ3) is 0.953. The minimum Gasteiger partial charge on any atom is -0.325 e. The molecule has 3 saturated carbocycles. The van der Waals surface area contributed by atoms with Gasteiger partial charge in [0.25, 0.3) is 0 Å². The average molecular weight is 165 g/mol. The first kappa shape index (κ1) is 7.37. The van der Waals surface area contributed by atoms with E-state index in [0.29, 0.717) is 5.54 Å². The van der Waals surface area contributed by atoms with Crippen LogP contribution in [0.25, 0.3) is 0 Å². The van der Waals surface area contributed by atoms with E-state index in [-0.39, 0.29) is 0 Å². The van der Waals surface area contributed by atoms with Crippen molar-refractivity contribution in [2.24, 2.45) is 23.5 Å². The van der Waals surface area contributed by atoms with Gasteiger partial charge < -0.3 is 5.73 Å². The van der Waals surface area contributed by atoms with Crippen molar-refractivity contribution in [1.82, 2.24) is 0 Å². The fourth-order valence-corrected chi connectivity index (χ4v) is 3.42. The lowest BCUT2D eigenvalue weighted by Gasteiger charge is -2.09. The minimum atomic E-state index is 0.331. The summed E-state index contributed by atoms with van der Waals surface area (Å²) in [4.78, 5) is 0. The third-order valence-electron chi connectivity index (χ3n) is 4.38. The topological polar surface area (TPSA) is 26.0 Å². The van der Waals surface area contributed by atoms with Crippen LogP contribution in [0.4, 0.5) is 0 Å². The van der Waals surface area contributed by atoms with Crippen LogP contribution in [-0.2, 0) is 0 Å². The van der Waals surface area contributed by atoms with Crippen molar-refractivity contribution >= 4 is 0 Å². The van der Waals surface area contributed by atoms with Crippen molar-refractivity contribution in [3.8, 4) is 0 Å². The SMILES string of the molecule is NC1(CC2CC2)C2CCCCC21. The molecule has 3 fully saturated rings. The molecular weight excluding hydrogens is 146 g/mol. The summed E-state index contributed by atoms with van der Waals surface area (Å²) in [6.07, 6.45) is 10.1. The second-order valence-electron chi connectivity index (χ2n) is 5.26. The van der Waals surface area contributed by atoms with Crippen molar-refractivity contribution in [2.45, 2.75) is 50.5 Å². The molecule has 3 aliphatic carbocycles. The van der Waals surface area contributed by atoms with Crippen molar-refractivity contribution in [1.29, 1.82) is 0 Å². The molecule has 0 heterocycles. The van der Waals surface area contributed by atoms with Crippen LogP contribution in [0.2, 0.25) is 0 Å². The Morgan fingerprint density at radius 2 is 1.58 bits per heavy atom. The first-order chi connectivity index (χ1) is 5.81. The van der Waals surface area contributed by atoms with Gasteiger partial charge in [-0.3, -0.25) is 0 Å². The highest BCUT2D eigenvalue weighted by Crippen LogP contribution is 2.61. The molecule has 68 valence electrons. The maximum absolute atomic E-state index is 6.44. The molecule has 0 bridgehead atoms. The lowest BCUT2D eigenvalue weighted by molar-refractivity contribution is 0.480. The van der Waals surface area contributed by atoms with Crippen LogP contribution in [0, 0.1) is 17.8 Å². The zero-order chi connectivity index (χ0) is 8.18. The molecule has 0 radical (unpaired) electrons. The van der Waals surface area contributed by atoms with Crippen molar-refractivity contribution in [2.75, 3.05) is 0 Å². The third-order valence-corrected chi connectivity index (χ3v) is 4.38. The Kier molecular flexibility index (Phi) is 1.39. The van der Waals surface area contributed by atoms with Gasteiger partial charge in [-0.2, -0.15) is 0 Å². The van der Waals surface area contributed by atoms with Crippen LogP contribution < -0.4 is 5.73 Å². The van der Waals surface area contributed by atoms with E-state index in [2.05, 4.69) is 0 Å². The molecule has 2 N–H and O–H groups in total. The van der Waals surface area contributed by atoms with Crippen LogP contribution in [0.1, 0.15) is 44.9 Å². The smallest absolute Gasteiger partial charge is 0.0220 e. The summed E-state index contributed by atoms with van der Waals surface area (Å²) in [6, 6.07) is 0. The molecule has 0 spiro atoms. The number of nitrogens with two attached hydrogens (primary N) is 1. The van der Waals surface area contributed by atoms with Gasteiger partial charge in [0.15, 0.2) is 0 Å². The Labute approximate surface area is 74.7 Å². The lowest BCUT2D eigenvalue weighted by Crippen LogP contribution is -2.27. The molecule has 0 aromatic carbocycles. The molecule has 0 aliphatic heterocycles. The Morgan fingerprint density at radius 3 is 2.08 bits per heavy atom. The minimum absolute atomic E-state index is 0.331. The number of hydrogen-bond donors (Lipinski definition) is 1. The predicted molar refractivity (Wildman–Crippen MR) is 49.7 cm³/mol. The van der Waals surface area contributed by atoms with E-state index >= 15 is 0 Å². The van der Waals surface area contributed by atoms with E-state index in [1.165, 1.54) is 44.9 Å². The molecule has 0 aromatic rings. The van der Waals surface area contributed by atoms with E-state index in [1.807, 2.05) is 0 Å². The fourth-order valence-electron chi connectivity index (χ4n) is 3.42. The molecule has 2 atom stereocenters. The van der Waals surface area contributed by atoms with E-state index in [1.54, 1.807) is 0 Å². The highest BCUT2D eigenvalue weighted by molar-refractivity contribution is 5.17. The highest BCUT2D eigenvalue weighted by Gasteiger charge is 2.62. The van der Waals surface area contributed by atoms with Crippen LogP contribution in [0.15, 0.2) is 0 Å². The summed E-state index contributed by atoms with van der Waals surface area (Å²) < 4.78 is 0. The normalized spacial score (nSPS) is 51.8. The van der Waals surface area contributed by atoms with Gasteiger partial charge in [0, 0.05) is 5.54 Å². The van der Waals surface area contributed by atoms with Gasteiger partial charge in [-0.25, -0.2) is 0 Å². The van der Waals surface area contributed by atoms with Gasteiger partial charge in [0.2, 0.25) is 0 Å². The maximum Gasteiger partial charge on any atom is 0.0220 e. The Balaban J connectivity index is 1.67. The van der Waals surface area contributed by atoms with E-state index < -0.39 is 0 Å². The van der Waals surface area contributed by atoms with Crippen LogP contribution >= 0.6 is 0 Å². The second kappa shape index (κ2) is 2.25. The molecule has 1 nitrogen and oxygen atoms in total. The molecular formula is C11H19N.